The summed E-state index contributed by atoms with van der Waals surface area (Å²) < 4.78 is 0. The molecule has 40 heavy (non-hydrogen) atoms. The van der Waals surface area contributed by atoms with Crippen LogP contribution in [-0.2, 0) is 19.2 Å². The van der Waals surface area contributed by atoms with Crippen molar-refractivity contribution in [2.75, 3.05) is 40.1 Å². The lowest BCUT2D eigenvalue weighted by Crippen LogP contribution is -2.70. The van der Waals surface area contributed by atoms with E-state index in [1.54, 1.807) is 38.9 Å². The van der Waals surface area contributed by atoms with E-state index in [0.717, 1.165) is 0 Å². The fourth-order valence-corrected chi connectivity index (χ4v) is 6.44. The SMILES string of the molecule is Cc1cc2c(c(O)c1NC(=O)CN(C)C)C(O)=C1C(=O)C3(O)C(O)=C(C(N)=O)C(=O)C(N(C)C)C3C(O)C1C2C. The van der Waals surface area contributed by atoms with Gasteiger partial charge < -0.3 is 41.5 Å². The maximum atomic E-state index is 14.0. The number of anilines is 1. The molecule has 0 radical (unpaired) electrons. The molecule has 216 valence electrons. The number of carbonyl (C=O) groups excluding carboxylic acids is 4. The van der Waals surface area contributed by atoms with E-state index in [-0.39, 0.29) is 17.8 Å². The molecule has 0 bridgehead atoms. The summed E-state index contributed by atoms with van der Waals surface area (Å²) in [4.78, 5) is 54.7. The minimum Gasteiger partial charge on any atom is -0.508 e. The molecule has 0 spiro atoms. The van der Waals surface area contributed by atoms with E-state index in [1.807, 2.05) is 0 Å². The molecule has 0 heterocycles. The summed E-state index contributed by atoms with van der Waals surface area (Å²) in [6, 6.07) is 0.178. The lowest BCUT2D eigenvalue weighted by atomic mass is 9.54. The van der Waals surface area contributed by atoms with Crippen LogP contribution in [0.5, 0.6) is 5.75 Å². The number of phenolic OH excluding ortho intramolecular Hbond substituents is 1. The Morgan fingerprint density at radius 2 is 1.73 bits per heavy atom. The van der Waals surface area contributed by atoms with Gasteiger partial charge >= 0.3 is 0 Å². The molecule has 6 atom stereocenters. The normalized spacial score (nSPS) is 29.9. The van der Waals surface area contributed by atoms with E-state index >= 15 is 0 Å². The fraction of sp³-hybridized carbons (Fsp3) is 0.481. The number of aryl methyl sites for hydroxylation is 1. The number of amides is 2. The van der Waals surface area contributed by atoms with Crippen molar-refractivity contribution in [1.29, 1.82) is 0 Å². The van der Waals surface area contributed by atoms with Crippen LogP contribution in [0.25, 0.3) is 5.76 Å². The van der Waals surface area contributed by atoms with E-state index < -0.39 is 87.3 Å². The van der Waals surface area contributed by atoms with Crippen LogP contribution in [0.4, 0.5) is 5.69 Å². The Balaban J connectivity index is 1.98. The van der Waals surface area contributed by atoms with E-state index in [4.69, 9.17) is 5.73 Å². The predicted molar refractivity (Wildman–Crippen MR) is 142 cm³/mol. The summed E-state index contributed by atoms with van der Waals surface area (Å²) in [6.07, 6.45) is -1.68. The lowest BCUT2D eigenvalue weighted by molar-refractivity contribution is -0.169. The number of aromatic hydroxyl groups is 1. The van der Waals surface area contributed by atoms with Crippen molar-refractivity contribution in [1.82, 2.24) is 9.80 Å². The Hall–Kier alpha value is -3.78. The van der Waals surface area contributed by atoms with Gasteiger partial charge in [-0.15, -0.1) is 0 Å². The Labute approximate surface area is 230 Å². The summed E-state index contributed by atoms with van der Waals surface area (Å²) >= 11 is 0. The molecule has 1 aromatic rings. The number of nitrogens with zero attached hydrogens (tertiary/aromatic N) is 2. The minimum absolute atomic E-state index is 0.000180. The highest BCUT2D eigenvalue weighted by molar-refractivity contribution is 6.24. The van der Waals surface area contributed by atoms with Gasteiger partial charge in [-0.3, -0.25) is 24.1 Å². The van der Waals surface area contributed by atoms with Gasteiger partial charge in [-0.25, -0.2) is 0 Å². The van der Waals surface area contributed by atoms with E-state index in [1.165, 1.54) is 19.0 Å². The summed E-state index contributed by atoms with van der Waals surface area (Å²) in [5, 5.41) is 59.6. The second-order valence-electron chi connectivity index (χ2n) is 11.2. The number of nitrogens with one attached hydrogen (secondary N) is 1. The zero-order valence-corrected chi connectivity index (χ0v) is 23.0. The summed E-state index contributed by atoms with van der Waals surface area (Å²) in [5.74, 6) is -10.2. The first kappa shape index (κ1) is 29.2. The highest BCUT2D eigenvalue weighted by atomic mass is 16.4. The Morgan fingerprint density at radius 3 is 2.25 bits per heavy atom. The second-order valence-corrected chi connectivity index (χ2v) is 11.2. The average Bonchev–Trinajstić information content (AvgIpc) is 2.83. The van der Waals surface area contributed by atoms with E-state index in [0.29, 0.717) is 11.1 Å². The number of rotatable bonds is 5. The number of aliphatic hydroxyl groups is 4. The van der Waals surface area contributed by atoms with Crippen molar-refractivity contribution in [3.8, 4) is 5.75 Å². The number of likely N-dealkylation sites (N-methyl/N-ethyl adjacent to an activating group) is 2. The van der Waals surface area contributed by atoms with Gasteiger partial charge in [0.25, 0.3) is 5.91 Å². The Kier molecular flexibility index (Phi) is 7.08. The zero-order valence-electron chi connectivity index (χ0n) is 23.0. The number of primary amides is 1. The molecule has 1 saturated carbocycles. The first-order valence-electron chi connectivity index (χ1n) is 12.6. The number of benzene rings is 1. The van der Waals surface area contributed by atoms with Gasteiger partial charge in [-0.05, 0) is 52.2 Å². The molecule has 0 saturated heterocycles. The molecule has 0 aromatic heterocycles. The molecule has 1 aromatic carbocycles. The molecule has 13 nitrogen and oxygen atoms in total. The van der Waals surface area contributed by atoms with Crippen LogP contribution in [0.15, 0.2) is 23.0 Å². The number of phenols is 1. The highest BCUT2D eigenvalue weighted by Crippen LogP contribution is 2.57. The van der Waals surface area contributed by atoms with Crippen LogP contribution in [0.1, 0.15) is 29.5 Å². The van der Waals surface area contributed by atoms with Gasteiger partial charge in [0, 0.05) is 11.5 Å². The number of carbonyl (C=O) groups is 4. The number of ketones is 2. The second kappa shape index (κ2) is 9.70. The van der Waals surface area contributed by atoms with Gasteiger partial charge in [0.2, 0.25) is 11.7 Å². The smallest absolute Gasteiger partial charge is 0.255 e. The number of Topliss-reactive ketones (excluding diaryl/α,β-unsaturated/α-hetero) is 2. The number of hydrogen-bond donors (Lipinski definition) is 7. The third-order valence-electron chi connectivity index (χ3n) is 8.17. The van der Waals surface area contributed by atoms with Crippen molar-refractivity contribution in [3.05, 3.63) is 39.7 Å². The van der Waals surface area contributed by atoms with Crippen LogP contribution < -0.4 is 11.1 Å². The average molecular weight is 559 g/mol. The third kappa shape index (κ3) is 3.91. The third-order valence-corrected chi connectivity index (χ3v) is 8.17. The van der Waals surface area contributed by atoms with Crippen molar-refractivity contribution < 1.29 is 44.7 Å². The number of fused-ring (bicyclic) bond motifs is 3. The van der Waals surface area contributed by atoms with Crippen LogP contribution in [0.3, 0.4) is 0 Å². The molecule has 6 unspecified atom stereocenters. The predicted octanol–water partition coefficient (Wildman–Crippen LogP) is -0.696. The van der Waals surface area contributed by atoms with E-state index in [9.17, 15) is 44.7 Å². The first-order valence-corrected chi connectivity index (χ1v) is 12.6. The highest BCUT2D eigenvalue weighted by Gasteiger charge is 2.68. The minimum atomic E-state index is -2.99. The topological polar surface area (TPSA) is 214 Å². The van der Waals surface area contributed by atoms with Crippen LogP contribution in [-0.4, -0.2) is 111 Å². The molecule has 0 aliphatic heterocycles. The maximum Gasteiger partial charge on any atom is 0.255 e. The van der Waals surface area contributed by atoms with Gasteiger partial charge in [-0.2, -0.15) is 0 Å². The molecule has 13 heteroatoms. The fourth-order valence-electron chi connectivity index (χ4n) is 6.44. The first-order chi connectivity index (χ1) is 18.5. The summed E-state index contributed by atoms with van der Waals surface area (Å²) in [7, 11) is 6.25. The number of aliphatic hydroxyl groups excluding tert-OH is 3. The van der Waals surface area contributed by atoms with Crippen LogP contribution >= 0.6 is 0 Å². The van der Waals surface area contributed by atoms with Gasteiger partial charge in [0.05, 0.1) is 35.9 Å². The molecular formula is C27H34N4O9. The molecule has 1 fully saturated rings. The Morgan fingerprint density at radius 1 is 1.12 bits per heavy atom. The molecule has 3 aliphatic carbocycles. The van der Waals surface area contributed by atoms with E-state index in [2.05, 4.69) is 5.32 Å². The van der Waals surface area contributed by atoms with Gasteiger partial charge in [-0.1, -0.05) is 13.0 Å². The van der Waals surface area contributed by atoms with Crippen LogP contribution in [0, 0.1) is 18.8 Å². The monoisotopic (exact) mass is 558 g/mol. The zero-order chi connectivity index (χ0) is 30.2. The Bertz CT molecular complexity index is 1410. The van der Waals surface area contributed by atoms with Crippen LogP contribution in [0.2, 0.25) is 0 Å². The van der Waals surface area contributed by atoms with Gasteiger partial charge in [0.1, 0.15) is 17.1 Å². The molecule has 3 aliphatic rings. The summed E-state index contributed by atoms with van der Waals surface area (Å²) in [6.45, 7) is 3.27. The molecule has 4 rings (SSSR count). The molecule has 2 amide bonds. The standard InChI is InChI=1S/C27H34N4O9/c1-9-7-11-10(2)13-15(20(33)14(11)22(35)18(9)29-12(32)8-30(3)4)24(37)27(40)17(21(13)34)19(31(5)6)23(36)16(25(27)38)26(28)39/h7,10,13,17,19,21,33-35,38,40H,8H2,1-6H3,(H2,28,39)(H,29,32). The van der Waals surface area contributed by atoms with Crippen molar-refractivity contribution in [3.63, 3.8) is 0 Å². The molecule has 8 N–H and O–H groups in total. The van der Waals surface area contributed by atoms with Crippen molar-refractivity contribution in [2.24, 2.45) is 17.6 Å². The molecular weight excluding hydrogens is 524 g/mol. The van der Waals surface area contributed by atoms with Gasteiger partial charge in [0.15, 0.2) is 17.1 Å². The lowest BCUT2D eigenvalue weighted by Gasteiger charge is -2.53. The maximum absolute atomic E-state index is 14.0. The quantitative estimate of drug-likeness (QED) is 0.177. The number of nitrogens with two attached hydrogens (primary N) is 1. The van der Waals surface area contributed by atoms with Crippen molar-refractivity contribution >= 4 is 34.8 Å². The van der Waals surface area contributed by atoms with Crippen molar-refractivity contribution in [2.45, 2.75) is 37.5 Å². The summed E-state index contributed by atoms with van der Waals surface area (Å²) in [5.41, 5.74) is 1.45. The number of hydrogen-bond acceptors (Lipinski definition) is 11. The largest absolute Gasteiger partial charge is 0.508 e.